The topological polar surface area (TPSA) is 57.9 Å². The number of hydrogen-bond donors (Lipinski definition) is 1. The number of anilines is 1. The molecule has 2 heterocycles. The van der Waals surface area contributed by atoms with Crippen molar-refractivity contribution in [2.45, 2.75) is 25.0 Å². The van der Waals surface area contributed by atoms with Gasteiger partial charge in [0.1, 0.15) is 11.9 Å². The summed E-state index contributed by atoms with van der Waals surface area (Å²) in [4.78, 5) is 4.23. The average molecular weight is 314 g/mol. The monoisotopic (exact) mass is 313 g/mol. The van der Waals surface area contributed by atoms with E-state index in [1.165, 1.54) is 11.8 Å². The van der Waals surface area contributed by atoms with Gasteiger partial charge < -0.3 is 10.1 Å². The average Bonchev–Trinajstić information content (AvgIpc) is 2.58. The van der Waals surface area contributed by atoms with Crippen LogP contribution < -0.4 is 5.32 Å². The standard InChI is InChI=1S/C17H16ClN3O/c18-15-8-12(10-19)11-20-17(15)21-14-6-7-22-16(9-14)13-4-2-1-3-5-13/h1-5,8,11,14,16H,6-7,9H2,(H,20,21). The quantitative estimate of drug-likeness (QED) is 0.932. The number of benzene rings is 1. The van der Waals surface area contributed by atoms with Gasteiger partial charge in [-0.2, -0.15) is 5.26 Å². The van der Waals surface area contributed by atoms with Crippen LogP contribution in [0.2, 0.25) is 5.02 Å². The van der Waals surface area contributed by atoms with Gasteiger partial charge >= 0.3 is 0 Å². The minimum Gasteiger partial charge on any atom is -0.373 e. The first-order chi connectivity index (χ1) is 10.8. The molecule has 1 saturated heterocycles. The number of nitrogens with one attached hydrogen (secondary N) is 1. The number of pyridine rings is 1. The highest BCUT2D eigenvalue weighted by Crippen LogP contribution is 2.30. The zero-order valence-electron chi connectivity index (χ0n) is 12.0. The lowest BCUT2D eigenvalue weighted by Gasteiger charge is -2.31. The Morgan fingerprint density at radius 2 is 2.14 bits per heavy atom. The van der Waals surface area contributed by atoms with Gasteiger partial charge in [0, 0.05) is 18.8 Å². The van der Waals surface area contributed by atoms with Crippen LogP contribution in [0.25, 0.3) is 0 Å². The van der Waals surface area contributed by atoms with Gasteiger partial charge in [0.25, 0.3) is 0 Å². The van der Waals surface area contributed by atoms with Gasteiger partial charge in [-0.1, -0.05) is 41.9 Å². The number of halogens is 1. The molecule has 22 heavy (non-hydrogen) atoms. The number of nitrogens with zero attached hydrogens (tertiary/aromatic N) is 2. The third kappa shape index (κ3) is 3.38. The Morgan fingerprint density at radius 1 is 1.32 bits per heavy atom. The highest BCUT2D eigenvalue weighted by Gasteiger charge is 2.24. The Kier molecular flexibility index (Phi) is 4.57. The second-order valence-corrected chi connectivity index (χ2v) is 5.71. The fourth-order valence-electron chi connectivity index (χ4n) is 2.63. The molecule has 2 aromatic rings. The number of ether oxygens (including phenoxy) is 1. The predicted octanol–water partition coefficient (Wildman–Crippen LogP) is 3.94. The molecule has 5 heteroatoms. The van der Waals surface area contributed by atoms with E-state index in [0.717, 1.165) is 12.8 Å². The van der Waals surface area contributed by atoms with E-state index in [4.69, 9.17) is 21.6 Å². The molecule has 0 saturated carbocycles. The predicted molar refractivity (Wildman–Crippen MR) is 85.7 cm³/mol. The van der Waals surface area contributed by atoms with E-state index in [1.54, 1.807) is 6.07 Å². The summed E-state index contributed by atoms with van der Waals surface area (Å²) in [6, 6.07) is 14.1. The zero-order chi connectivity index (χ0) is 15.4. The fraction of sp³-hybridized carbons (Fsp3) is 0.294. The normalized spacial score (nSPS) is 21.1. The molecule has 1 fully saturated rings. The summed E-state index contributed by atoms with van der Waals surface area (Å²) in [5.74, 6) is 0.624. The number of nitriles is 1. The van der Waals surface area contributed by atoms with Gasteiger partial charge in [-0.25, -0.2) is 4.98 Å². The maximum atomic E-state index is 8.85. The summed E-state index contributed by atoms with van der Waals surface area (Å²) in [6.45, 7) is 0.700. The molecular weight excluding hydrogens is 298 g/mol. The van der Waals surface area contributed by atoms with Crippen molar-refractivity contribution in [3.05, 3.63) is 58.7 Å². The van der Waals surface area contributed by atoms with Crippen LogP contribution in [-0.2, 0) is 4.74 Å². The lowest BCUT2D eigenvalue weighted by molar-refractivity contribution is 0.00975. The molecule has 0 radical (unpaired) electrons. The minimum absolute atomic E-state index is 0.0876. The number of rotatable bonds is 3. The van der Waals surface area contributed by atoms with E-state index in [9.17, 15) is 0 Å². The van der Waals surface area contributed by atoms with Crippen LogP contribution in [-0.4, -0.2) is 17.6 Å². The highest BCUT2D eigenvalue weighted by molar-refractivity contribution is 6.33. The molecular formula is C17H16ClN3O. The van der Waals surface area contributed by atoms with Crippen molar-refractivity contribution in [3.63, 3.8) is 0 Å². The van der Waals surface area contributed by atoms with E-state index in [-0.39, 0.29) is 12.1 Å². The van der Waals surface area contributed by atoms with E-state index >= 15 is 0 Å². The van der Waals surface area contributed by atoms with Crippen molar-refractivity contribution in [1.29, 1.82) is 5.26 Å². The fourth-order valence-corrected chi connectivity index (χ4v) is 2.85. The Morgan fingerprint density at radius 3 is 2.86 bits per heavy atom. The molecule has 2 atom stereocenters. The Bertz CT molecular complexity index is 684. The molecule has 0 spiro atoms. The lowest BCUT2D eigenvalue weighted by Crippen LogP contribution is -2.30. The first kappa shape index (κ1) is 14.8. The van der Waals surface area contributed by atoms with Crippen molar-refractivity contribution in [2.75, 3.05) is 11.9 Å². The van der Waals surface area contributed by atoms with Crippen LogP contribution in [0.3, 0.4) is 0 Å². The molecule has 0 bridgehead atoms. The van der Waals surface area contributed by atoms with Crippen LogP contribution in [0.5, 0.6) is 0 Å². The zero-order valence-corrected chi connectivity index (χ0v) is 12.8. The molecule has 1 aromatic heterocycles. The SMILES string of the molecule is N#Cc1cnc(NC2CCOC(c3ccccc3)C2)c(Cl)c1. The summed E-state index contributed by atoms with van der Waals surface area (Å²) in [5, 5.41) is 12.7. The van der Waals surface area contributed by atoms with E-state index in [1.807, 2.05) is 24.3 Å². The van der Waals surface area contributed by atoms with Gasteiger partial charge in [-0.3, -0.25) is 0 Å². The molecule has 1 N–H and O–H groups in total. The van der Waals surface area contributed by atoms with Crippen LogP contribution in [0, 0.1) is 11.3 Å². The largest absolute Gasteiger partial charge is 0.373 e. The number of hydrogen-bond acceptors (Lipinski definition) is 4. The minimum atomic E-state index is 0.0876. The Hall–Kier alpha value is -2.09. The molecule has 3 rings (SSSR count). The second kappa shape index (κ2) is 6.78. The van der Waals surface area contributed by atoms with Crippen molar-refractivity contribution in [2.24, 2.45) is 0 Å². The first-order valence-corrected chi connectivity index (χ1v) is 7.63. The Balaban J connectivity index is 1.69. The summed E-state index contributed by atoms with van der Waals surface area (Å²) in [5.41, 5.74) is 1.65. The molecule has 1 aromatic carbocycles. The second-order valence-electron chi connectivity index (χ2n) is 5.30. The molecule has 1 aliphatic rings. The van der Waals surface area contributed by atoms with Crippen molar-refractivity contribution in [3.8, 4) is 6.07 Å². The summed E-state index contributed by atoms with van der Waals surface area (Å²) < 4.78 is 5.86. The maximum Gasteiger partial charge on any atom is 0.145 e. The van der Waals surface area contributed by atoms with Crippen LogP contribution in [0.15, 0.2) is 42.6 Å². The Labute approximate surface area is 134 Å². The van der Waals surface area contributed by atoms with Crippen LogP contribution in [0.1, 0.15) is 30.1 Å². The van der Waals surface area contributed by atoms with Gasteiger partial charge in [-0.05, 0) is 24.5 Å². The molecule has 1 aliphatic heterocycles. The summed E-state index contributed by atoms with van der Waals surface area (Å²) in [6.07, 6.45) is 3.38. The maximum absolute atomic E-state index is 8.85. The van der Waals surface area contributed by atoms with Crippen molar-refractivity contribution in [1.82, 2.24) is 4.98 Å². The van der Waals surface area contributed by atoms with Crippen LogP contribution >= 0.6 is 11.6 Å². The lowest BCUT2D eigenvalue weighted by atomic mass is 9.97. The van der Waals surface area contributed by atoms with Gasteiger partial charge in [-0.15, -0.1) is 0 Å². The van der Waals surface area contributed by atoms with Crippen molar-refractivity contribution >= 4 is 17.4 Å². The third-order valence-corrected chi connectivity index (χ3v) is 4.05. The third-order valence-electron chi connectivity index (χ3n) is 3.77. The highest BCUT2D eigenvalue weighted by atomic mass is 35.5. The number of aromatic nitrogens is 1. The van der Waals surface area contributed by atoms with Gasteiger partial charge in [0.15, 0.2) is 0 Å². The molecule has 0 aliphatic carbocycles. The van der Waals surface area contributed by atoms with E-state index in [0.29, 0.717) is 23.0 Å². The summed E-state index contributed by atoms with van der Waals surface area (Å²) in [7, 11) is 0. The van der Waals surface area contributed by atoms with E-state index < -0.39 is 0 Å². The van der Waals surface area contributed by atoms with Crippen LogP contribution in [0.4, 0.5) is 5.82 Å². The molecule has 112 valence electrons. The van der Waals surface area contributed by atoms with E-state index in [2.05, 4.69) is 22.4 Å². The molecule has 0 amide bonds. The molecule has 2 unspecified atom stereocenters. The van der Waals surface area contributed by atoms with Gasteiger partial charge in [0.2, 0.25) is 0 Å². The van der Waals surface area contributed by atoms with Gasteiger partial charge in [0.05, 0.1) is 16.7 Å². The first-order valence-electron chi connectivity index (χ1n) is 7.25. The molecule has 4 nitrogen and oxygen atoms in total. The smallest absolute Gasteiger partial charge is 0.145 e. The van der Waals surface area contributed by atoms with Crippen molar-refractivity contribution < 1.29 is 4.74 Å². The summed E-state index contributed by atoms with van der Waals surface area (Å²) >= 11 is 6.17.